The van der Waals surface area contributed by atoms with Crippen LogP contribution in [0.1, 0.15) is 10.4 Å². The Morgan fingerprint density at radius 2 is 2.05 bits per heavy atom. The lowest BCUT2D eigenvalue weighted by atomic mass is 10.1. The van der Waals surface area contributed by atoms with E-state index in [9.17, 15) is 18.0 Å². The SMILES string of the molecule is O=C(O)c1ccnc2ccc(OCC(F)(F)F)cc12. The van der Waals surface area contributed by atoms with E-state index in [4.69, 9.17) is 5.11 Å². The van der Waals surface area contributed by atoms with E-state index >= 15 is 0 Å². The first-order valence-corrected chi connectivity index (χ1v) is 5.18. The summed E-state index contributed by atoms with van der Waals surface area (Å²) in [5, 5.41) is 9.22. The first-order chi connectivity index (χ1) is 8.87. The van der Waals surface area contributed by atoms with Crippen LogP contribution in [-0.4, -0.2) is 28.8 Å². The zero-order chi connectivity index (χ0) is 14.0. The molecule has 4 nitrogen and oxygen atoms in total. The van der Waals surface area contributed by atoms with Crippen molar-refractivity contribution in [1.29, 1.82) is 0 Å². The van der Waals surface area contributed by atoms with Crippen LogP contribution in [0.15, 0.2) is 30.5 Å². The lowest BCUT2D eigenvalue weighted by Gasteiger charge is -2.10. The number of carbonyl (C=O) groups is 1. The molecule has 2 aromatic rings. The van der Waals surface area contributed by atoms with Crippen molar-refractivity contribution in [3.63, 3.8) is 0 Å². The van der Waals surface area contributed by atoms with Gasteiger partial charge in [0.05, 0.1) is 11.1 Å². The van der Waals surface area contributed by atoms with E-state index in [2.05, 4.69) is 9.72 Å². The van der Waals surface area contributed by atoms with E-state index in [1.54, 1.807) is 0 Å². The fraction of sp³-hybridized carbons (Fsp3) is 0.167. The fourth-order valence-corrected chi connectivity index (χ4v) is 1.57. The molecule has 0 amide bonds. The molecule has 0 bridgehead atoms. The molecule has 0 aliphatic carbocycles. The third-order valence-electron chi connectivity index (χ3n) is 2.35. The fourth-order valence-electron chi connectivity index (χ4n) is 1.57. The second-order valence-electron chi connectivity index (χ2n) is 3.75. The van der Waals surface area contributed by atoms with Crippen molar-refractivity contribution in [3.8, 4) is 5.75 Å². The molecule has 0 spiro atoms. The number of carboxylic acids is 1. The summed E-state index contributed by atoms with van der Waals surface area (Å²) in [6.45, 7) is -1.43. The van der Waals surface area contributed by atoms with Gasteiger partial charge in [0.25, 0.3) is 0 Å². The monoisotopic (exact) mass is 271 g/mol. The minimum atomic E-state index is -4.44. The summed E-state index contributed by atoms with van der Waals surface area (Å²) in [6, 6.07) is 5.23. The van der Waals surface area contributed by atoms with E-state index in [0.717, 1.165) is 0 Å². The van der Waals surface area contributed by atoms with Crippen LogP contribution in [0.3, 0.4) is 0 Å². The molecule has 0 saturated heterocycles. The van der Waals surface area contributed by atoms with Gasteiger partial charge in [-0.1, -0.05) is 0 Å². The number of rotatable bonds is 3. The molecule has 0 atom stereocenters. The van der Waals surface area contributed by atoms with Crippen LogP contribution < -0.4 is 4.74 Å². The molecule has 0 fully saturated rings. The lowest BCUT2D eigenvalue weighted by molar-refractivity contribution is -0.153. The highest BCUT2D eigenvalue weighted by molar-refractivity contribution is 6.02. The normalized spacial score (nSPS) is 11.5. The Morgan fingerprint density at radius 1 is 1.32 bits per heavy atom. The Bertz CT molecular complexity index is 625. The third-order valence-corrected chi connectivity index (χ3v) is 2.35. The number of benzene rings is 1. The van der Waals surface area contributed by atoms with Crippen LogP contribution in [0.4, 0.5) is 13.2 Å². The van der Waals surface area contributed by atoms with E-state index in [1.165, 1.54) is 30.5 Å². The van der Waals surface area contributed by atoms with E-state index < -0.39 is 18.8 Å². The molecule has 0 aliphatic heterocycles. The quantitative estimate of drug-likeness (QED) is 0.932. The summed E-state index contributed by atoms with van der Waals surface area (Å²) in [4.78, 5) is 14.9. The summed E-state index contributed by atoms with van der Waals surface area (Å²) in [7, 11) is 0. The molecule has 0 radical (unpaired) electrons. The van der Waals surface area contributed by atoms with Gasteiger partial charge in [0.1, 0.15) is 5.75 Å². The Balaban J connectivity index is 2.38. The summed E-state index contributed by atoms with van der Waals surface area (Å²) in [5.74, 6) is -1.24. The molecule has 1 heterocycles. The Kier molecular flexibility index (Phi) is 3.28. The van der Waals surface area contributed by atoms with Crippen molar-refractivity contribution in [2.24, 2.45) is 0 Å². The smallest absolute Gasteiger partial charge is 0.422 e. The van der Waals surface area contributed by atoms with Crippen molar-refractivity contribution in [1.82, 2.24) is 4.98 Å². The highest BCUT2D eigenvalue weighted by Gasteiger charge is 2.28. The number of alkyl halides is 3. The first-order valence-electron chi connectivity index (χ1n) is 5.18. The zero-order valence-corrected chi connectivity index (χ0v) is 9.44. The summed E-state index contributed by atoms with van der Waals surface area (Å²) >= 11 is 0. The highest BCUT2D eigenvalue weighted by Crippen LogP contribution is 2.24. The van der Waals surface area contributed by atoms with Crippen LogP contribution in [0.2, 0.25) is 0 Å². The number of halogens is 3. The second kappa shape index (κ2) is 4.75. The van der Waals surface area contributed by atoms with Gasteiger partial charge < -0.3 is 9.84 Å². The van der Waals surface area contributed by atoms with Crippen molar-refractivity contribution in [2.75, 3.05) is 6.61 Å². The topological polar surface area (TPSA) is 59.4 Å². The Morgan fingerprint density at radius 3 is 2.68 bits per heavy atom. The molecule has 2 rings (SSSR count). The van der Waals surface area contributed by atoms with Crippen LogP contribution >= 0.6 is 0 Å². The van der Waals surface area contributed by atoms with Crippen LogP contribution in [-0.2, 0) is 0 Å². The van der Waals surface area contributed by atoms with Gasteiger partial charge >= 0.3 is 12.1 Å². The number of nitrogens with zero attached hydrogens (tertiary/aromatic N) is 1. The van der Waals surface area contributed by atoms with Gasteiger partial charge in [-0.15, -0.1) is 0 Å². The number of hydrogen-bond acceptors (Lipinski definition) is 3. The maximum absolute atomic E-state index is 12.0. The molecule has 1 N–H and O–H groups in total. The molecule has 1 aromatic carbocycles. The van der Waals surface area contributed by atoms with Crippen molar-refractivity contribution in [2.45, 2.75) is 6.18 Å². The summed E-state index contributed by atoms with van der Waals surface area (Å²) in [6.07, 6.45) is -3.12. The second-order valence-corrected chi connectivity index (χ2v) is 3.75. The molecular weight excluding hydrogens is 263 g/mol. The molecule has 0 unspecified atom stereocenters. The number of ether oxygens (including phenoxy) is 1. The van der Waals surface area contributed by atoms with E-state index in [0.29, 0.717) is 5.52 Å². The van der Waals surface area contributed by atoms with E-state index in [-0.39, 0.29) is 16.7 Å². The predicted octanol–water partition coefficient (Wildman–Crippen LogP) is 2.87. The average Bonchev–Trinajstić information content (AvgIpc) is 2.34. The van der Waals surface area contributed by atoms with Gasteiger partial charge in [0.2, 0.25) is 0 Å². The number of aromatic nitrogens is 1. The Labute approximate surface area is 105 Å². The highest BCUT2D eigenvalue weighted by atomic mass is 19.4. The minimum Gasteiger partial charge on any atom is -0.484 e. The van der Waals surface area contributed by atoms with Crippen LogP contribution in [0.5, 0.6) is 5.75 Å². The molecule has 1 aromatic heterocycles. The standard InChI is InChI=1S/C12H8F3NO3/c13-12(14,15)6-19-7-1-2-10-9(5-7)8(11(17)18)3-4-16-10/h1-5H,6H2,(H,17,18). The molecule has 19 heavy (non-hydrogen) atoms. The molecular formula is C12H8F3NO3. The maximum atomic E-state index is 12.0. The predicted molar refractivity (Wildman–Crippen MR) is 60.3 cm³/mol. The molecule has 0 aliphatic rings. The van der Waals surface area contributed by atoms with Crippen LogP contribution in [0.25, 0.3) is 10.9 Å². The number of aromatic carboxylic acids is 1. The molecule has 100 valence electrons. The minimum absolute atomic E-state index is 0.0394. The Hall–Kier alpha value is -2.31. The van der Waals surface area contributed by atoms with Gasteiger partial charge in [0.15, 0.2) is 6.61 Å². The van der Waals surface area contributed by atoms with Gasteiger partial charge in [-0.05, 0) is 24.3 Å². The summed E-state index contributed by atoms with van der Waals surface area (Å²) < 4.78 is 40.7. The van der Waals surface area contributed by atoms with Crippen LogP contribution in [0, 0.1) is 0 Å². The zero-order valence-electron chi connectivity index (χ0n) is 9.44. The number of hydrogen-bond donors (Lipinski definition) is 1. The molecule has 0 saturated carbocycles. The first kappa shape index (κ1) is 13.1. The average molecular weight is 271 g/mol. The molecule has 7 heteroatoms. The third kappa shape index (κ3) is 3.12. The van der Waals surface area contributed by atoms with Gasteiger partial charge in [-0.2, -0.15) is 13.2 Å². The van der Waals surface area contributed by atoms with Gasteiger partial charge in [-0.25, -0.2) is 4.79 Å². The van der Waals surface area contributed by atoms with Gasteiger partial charge in [0, 0.05) is 11.6 Å². The van der Waals surface area contributed by atoms with Crippen molar-refractivity contribution in [3.05, 3.63) is 36.0 Å². The van der Waals surface area contributed by atoms with Crippen molar-refractivity contribution >= 4 is 16.9 Å². The lowest BCUT2D eigenvalue weighted by Crippen LogP contribution is -2.19. The number of fused-ring (bicyclic) bond motifs is 1. The maximum Gasteiger partial charge on any atom is 0.422 e. The van der Waals surface area contributed by atoms with Gasteiger partial charge in [-0.3, -0.25) is 4.98 Å². The van der Waals surface area contributed by atoms with E-state index in [1.807, 2.05) is 0 Å². The number of pyridine rings is 1. The number of carboxylic acid groups (broad SMARTS) is 1. The summed E-state index contributed by atoms with van der Waals surface area (Å²) in [5.41, 5.74) is 0.335. The largest absolute Gasteiger partial charge is 0.484 e. The van der Waals surface area contributed by atoms with Crippen molar-refractivity contribution < 1.29 is 27.8 Å².